The number of β-amino-alcohol motifs (C(OH)–C–C–N with tert-alkyl or cyclic N) is 1. The molecule has 1 fully saturated rings. The lowest BCUT2D eigenvalue weighted by molar-refractivity contribution is -0.116. The monoisotopic (exact) mass is 310 g/mol. The van der Waals surface area contributed by atoms with Crippen molar-refractivity contribution < 1.29 is 9.90 Å². The molecule has 0 spiro atoms. The number of carbonyl (C=O) groups is 1. The van der Waals surface area contributed by atoms with Crippen LogP contribution in [0.4, 0.5) is 5.69 Å². The second-order valence-corrected chi connectivity index (χ2v) is 5.95. The molecule has 1 saturated heterocycles. The number of carbonyl (C=O) groups excluding carboxylic acids is 1. The van der Waals surface area contributed by atoms with Gasteiger partial charge in [-0.15, -0.1) is 0 Å². The molecule has 120 valence electrons. The van der Waals surface area contributed by atoms with Crippen molar-refractivity contribution in [2.75, 3.05) is 25.0 Å². The van der Waals surface area contributed by atoms with Crippen LogP contribution in [0.1, 0.15) is 12.8 Å². The van der Waals surface area contributed by atoms with E-state index in [4.69, 9.17) is 0 Å². The Balaban J connectivity index is 1.62. The summed E-state index contributed by atoms with van der Waals surface area (Å²) in [4.78, 5) is 14.4. The van der Waals surface area contributed by atoms with Crippen LogP contribution in [-0.4, -0.2) is 41.7 Å². The van der Waals surface area contributed by atoms with Gasteiger partial charge in [-0.2, -0.15) is 0 Å². The number of aliphatic hydroxyl groups excluding tert-OH is 1. The number of nitrogens with zero attached hydrogens (tertiary/aromatic N) is 1. The number of likely N-dealkylation sites (tertiary alicyclic amines) is 1. The molecule has 1 atom stereocenters. The Labute approximate surface area is 136 Å². The summed E-state index contributed by atoms with van der Waals surface area (Å²) in [7, 11) is 0. The lowest BCUT2D eigenvalue weighted by atomic mass is 10.0. The van der Waals surface area contributed by atoms with Crippen LogP contribution in [0.3, 0.4) is 0 Å². The number of hydrogen-bond donors (Lipinski definition) is 2. The van der Waals surface area contributed by atoms with Crippen LogP contribution in [0.25, 0.3) is 11.1 Å². The van der Waals surface area contributed by atoms with Crippen molar-refractivity contribution in [2.24, 2.45) is 0 Å². The minimum absolute atomic E-state index is 0.00905. The molecule has 1 aliphatic heterocycles. The fraction of sp³-hybridized carbons (Fsp3) is 0.316. The Kier molecular flexibility index (Phi) is 5.05. The largest absolute Gasteiger partial charge is 0.392 e. The molecule has 1 aliphatic rings. The zero-order valence-electron chi connectivity index (χ0n) is 13.1. The van der Waals surface area contributed by atoms with E-state index < -0.39 is 0 Å². The van der Waals surface area contributed by atoms with E-state index in [0.29, 0.717) is 19.5 Å². The van der Waals surface area contributed by atoms with Crippen molar-refractivity contribution in [1.29, 1.82) is 0 Å². The molecular formula is C19H22N2O2. The van der Waals surface area contributed by atoms with Gasteiger partial charge in [0.1, 0.15) is 0 Å². The molecule has 0 unspecified atom stereocenters. The molecule has 0 aliphatic carbocycles. The van der Waals surface area contributed by atoms with E-state index in [-0.39, 0.29) is 12.0 Å². The molecule has 0 bridgehead atoms. The molecule has 4 nitrogen and oxygen atoms in total. The predicted molar refractivity (Wildman–Crippen MR) is 92.2 cm³/mol. The molecule has 2 aromatic rings. The van der Waals surface area contributed by atoms with Crippen LogP contribution in [0.2, 0.25) is 0 Å². The Bertz CT molecular complexity index is 657. The average Bonchev–Trinajstić information content (AvgIpc) is 3.00. The van der Waals surface area contributed by atoms with E-state index in [0.717, 1.165) is 29.8 Å². The van der Waals surface area contributed by atoms with Gasteiger partial charge in [0.05, 0.1) is 6.10 Å². The smallest absolute Gasteiger partial charge is 0.225 e. The van der Waals surface area contributed by atoms with Crippen LogP contribution in [0.5, 0.6) is 0 Å². The van der Waals surface area contributed by atoms with E-state index in [1.165, 1.54) is 0 Å². The van der Waals surface area contributed by atoms with E-state index >= 15 is 0 Å². The maximum absolute atomic E-state index is 12.2. The summed E-state index contributed by atoms with van der Waals surface area (Å²) in [6, 6.07) is 17.9. The Morgan fingerprint density at radius 1 is 1.13 bits per heavy atom. The third-order valence-corrected chi connectivity index (χ3v) is 4.19. The van der Waals surface area contributed by atoms with Gasteiger partial charge >= 0.3 is 0 Å². The minimum atomic E-state index is -0.239. The van der Waals surface area contributed by atoms with Crippen molar-refractivity contribution >= 4 is 11.6 Å². The number of rotatable bonds is 5. The highest BCUT2D eigenvalue weighted by atomic mass is 16.3. The van der Waals surface area contributed by atoms with Crippen molar-refractivity contribution in [3.8, 4) is 11.1 Å². The van der Waals surface area contributed by atoms with Gasteiger partial charge in [-0.1, -0.05) is 48.5 Å². The minimum Gasteiger partial charge on any atom is -0.392 e. The zero-order chi connectivity index (χ0) is 16.1. The summed E-state index contributed by atoms with van der Waals surface area (Å²) < 4.78 is 0. The lowest BCUT2D eigenvalue weighted by Gasteiger charge is -2.15. The van der Waals surface area contributed by atoms with Crippen molar-refractivity contribution in [3.05, 3.63) is 54.6 Å². The third kappa shape index (κ3) is 4.18. The summed E-state index contributed by atoms with van der Waals surface area (Å²) in [5.74, 6) is 0.00905. The Morgan fingerprint density at radius 3 is 2.61 bits per heavy atom. The first-order valence-electron chi connectivity index (χ1n) is 8.07. The predicted octanol–water partition coefficient (Wildman–Crippen LogP) is 2.75. The number of para-hydroxylation sites is 1. The zero-order valence-corrected chi connectivity index (χ0v) is 13.1. The molecule has 2 aromatic carbocycles. The van der Waals surface area contributed by atoms with E-state index in [9.17, 15) is 9.90 Å². The van der Waals surface area contributed by atoms with Crippen LogP contribution in [0, 0.1) is 0 Å². The standard InChI is InChI=1S/C19H22N2O2/c22-16-10-12-21(14-16)13-11-19(23)20-18-9-5-4-8-17(18)15-6-2-1-3-7-15/h1-9,16,22H,10-14H2,(H,20,23)/t16-/m0/s1. The summed E-state index contributed by atoms with van der Waals surface area (Å²) in [6.07, 6.45) is 1.01. The molecule has 3 rings (SSSR count). The van der Waals surface area contributed by atoms with Gasteiger partial charge in [-0.25, -0.2) is 0 Å². The van der Waals surface area contributed by atoms with Crippen molar-refractivity contribution in [3.63, 3.8) is 0 Å². The first-order chi connectivity index (χ1) is 11.2. The first-order valence-corrected chi connectivity index (χ1v) is 8.07. The molecule has 0 aromatic heterocycles. The van der Waals surface area contributed by atoms with Gasteiger partial charge < -0.3 is 15.3 Å². The number of aliphatic hydroxyl groups is 1. The van der Waals surface area contributed by atoms with Crippen LogP contribution < -0.4 is 5.32 Å². The molecule has 23 heavy (non-hydrogen) atoms. The number of nitrogens with one attached hydrogen (secondary N) is 1. The number of hydrogen-bond acceptors (Lipinski definition) is 3. The van der Waals surface area contributed by atoms with Gasteiger partial charge in [-0.05, 0) is 18.1 Å². The fourth-order valence-corrected chi connectivity index (χ4v) is 2.95. The molecule has 1 heterocycles. The van der Waals surface area contributed by atoms with Gasteiger partial charge in [0, 0.05) is 37.3 Å². The topological polar surface area (TPSA) is 52.6 Å². The quantitative estimate of drug-likeness (QED) is 0.893. The van der Waals surface area contributed by atoms with E-state index in [1.807, 2.05) is 54.6 Å². The highest BCUT2D eigenvalue weighted by Crippen LogP contribution is 2.27. The van der Waals surface area contributed by atoms with Crippen LogP contribution in [-0.2, 0) is 4.79 Å². The lowest BCUT2D eigenvalue weighted by Crippen LogP contribution is -2.26. The third-order valence-electron chi connectivity index (χ3n) is 4.19. The highest BCUT2D eigenvalue weighted by Gasteiger charge is 2.20. The van der Waals surface area contributed by atoms with E-state index in [1.54, 1.807) is 0 Å². The molecule has 2 N–H and O–H groups in total. The number of anilines is 1. The SMILES string of the molecule is O=C(CCN1CC[C@H](O)C1)Nc1ccccc1-c1ccccc1. The van der Waals surface area contributed by atoms with Gasteiger partial charge in [0.25, 0.3) is 0 Å². The molecular weight excluding hydrogens is 288 g/mol. The van der Waals surface area contributed by atoms with Crippen molar-refractivity contribution in [1.82, 2.24) is 4.90 Å². The Morgan fingerprint density at radius 2 is 1.87 bits per heavy atom. The molecule has 4 heteroatoms. The van der Waals surface area contributed by atoms with Crippen molar-refractivity contribution in [2.45, 2.75) is 18.9 Å². The normalized spacial score (nSPS) is 18.0. The second-order valence-electron chi connectivity index (χ2n) is 5.95. The number of benzene rings is 2. The first kappa shape index (κ1) is 15.7. The fourth-order valence-electron chi connectivity index (χ4n) is 2.95. The summed E-state index contributed by atoms with van der Waals surface area (Å²) in [6.45, 7) is 2.24. The Hall–Kier alpha value is -2.17. The average molecular weight is 310 g/mol. The van der Waals surface area contributed by atoms with Gasteiger partial charge in [0.2, 0.25) is 5.91 Å². The molecule has 0 saturated carbocycles. The maximum Gasteiger partial charge on any atom is 0.225 e. The van der Waals surface area contributed by atoms with Gasteiger partial charge in [-0.3, -0.25) is 4.79 Å². The summed E-state index contributed by atoms with van der Waals surface area (Å²) >= 11 is 0. The van der Waals surface area contributed by atoms with Crippen LogP contribution in [0.15, 0.2) is 54.6 Å². The van der Waals surface area contributed by atoms with Crippen LogP contribution >= 0.6 is 0 Å². The van der Waals surface area contributed by atoms with E-state index in [2.05, 4.69) is 10.2 Å². The molecule has 1 amide bonds. The molecule has 0 radical (unpaired) electrons. The maximum atomic E-state index is 12.2. The highest BCUT2D eigenvalue weighted by molar-refractivity contribution is 5.95. The second kappa shape index (κ2) is 7.40. The summed E-state index contributed by atoms with van der Waals surface area (Å²) in [5, 5.41) is 12.5. The summed E-state index contributed by atoms with van der Waals surface area (Å²) in [5.41, 5.74) is 2.95. The number of amides is 1. The van der Waals surface area contributed by atoms with Gasteiger partial charge in [0.15, 0.2) is 0 Å².